The predicted octanol–water partition coefficient (Wildman–Crippen LogP) is 11.9. The maximum Gasteiger partial charge on any atom is 0.119 e. The third-order valence-electron chi connectivity index (χ3n) is 8.65. The zero-order valence-electron chi connectivity index (χ0n) is 24.3. The zero-order chi connectivity index (χ0) is 26.0. The van der Waals surface area contributed by atoms with Crippen LogP contribution in [0.1, 0.15) is 147 Å². The number of unbranched alkanes of at least 4 members (excludes halogenated alkanes) is 12. The first kappa shape index (κ1) is 29.8. The molecule has 0 amide bonds. The molecule has 1 fully saturated rings. The Kier molecular flexibility index (Phi) is 14.9. The highest BCUT2D eigenvalue weighted by Crippen LogP contribution is 2.38. The Morgan fingerprint density at radius 2 is 1.03 bits per heavy atom. The second kappa shape index (κ2) is 18.5. The van der Waals surface area contributed by atoms with Crippen LogP contribution in [0.15, 0.2) is 48.5 Å². The van der Waals surface area contributed by atoms with Gasteiger partial charge in [-0.25, -0.2) is 0 Å². The van der Waals surface area contributed by atoms with Crippen molar-refractivity contribution in [2.45, 2.75) is 142 Å². The first-order valence-electron chi connectivity index (χ1n) is 16.1. The van der Waals surface area contributed by atoms with Gasteiger partial charge in [-0.05, 0) is 72.8 Å². The fraction of sp³-hybridized carbons (Fsp3) is 0.667. The maximum absolute atomic E-state index is 6.01. The number of hydrogen-bond acceptors (Lipinski definition) is 1. The van der Waals surface area contributed by atoms with Crippen LogP contribution in [-0.2, 0) is 0 Å². The molecule has 206 valence electrons. The van der Waals surface area contributed by atoms with Crippen molar-refractivity contribution in [2.75, 3.05) is 6.61 Å². The largest absolute Gasteiger partial charge is 0.494 e. The van der Waals surface area contributed by atoms with Gasteiger partial charge in [0, 0.05) is 0 Å². The SMILES string of the molecule is CCCCCCCCCCCOc1ccc(-c2ccc(C3CCC(CCCCCCC)CC3)cc2)cc1. The minimum absolute atomic E-state index is 0.766. The summed E-state index contributed by atoms with van der Waals surface area (Å²) in [5, 5.41) is 0. The second-order valence-corrected chi connectivity index (χ2v) is 11.7. The third-order valence-corrected chi connectivity index (χ3v) is 8.65. The standard InChI is InChI=1S/C36H56O/c1-3-5-7-9-10-11-12-14-16-30-37-36-28-26-35(27-29-36)34-24-22-33(23-25-34)32-20-18-31(19-21-32)17-15-13-8-6-4-2/h22-29,31-32H,3-21,30H2,1-2H3. The van der Waals surface area contributed by atoms with E-state index in [9.17, 15) is 0 Å². The van der Waals surface area contributed by atoms with Crippen molar-refractivity contribution in [3.05, 3.63) is 54.1 Å². The van der Waals surface area contributed by atoms with Gasteiger partial charge < -0.3 is 4.74 Å². The van der Waals surface area contributed by atoms with E-state index < -0.39 is 0 Å². The van der Waals surface area contributed by atoms with E-state index in [-0.39, 0.29) is 0 Å². The van der Waals surface area contributed by atoms with Crippen molar-refractivity contribution in [3.63, 3.8) is 0 Å². The van der Waals surface area contributed by atoms with Crippen LogP contribution in [0.4, 0.5) is 0 Å². The molecule has 2 aromatic rings. The average molecular weight is 505 g/mol. The summed E-state index contributed by atoms with van der Waals surface area (Å²) in [5.74, 6) is 2.75. The van der Waals surface area contributed by atoms with E-state index in [0.29, 0.717) is 0 Å². The smallest absolute Gasteiger partial charge is 0.119 e. The molecule has 0 N–H and O–H groups in total. The highest BCUT2D eigenvalue weighted by molar-refractivity contribution is 5.64. The topological polar surface area (TPSA) is 9.23 Å². The van der Waals surface area contributed by atoms with E-state index >= 15 is 0 Å². The lowest BCUT2D eigenvalue weighted by atomic mass is 9.77. The second-order valence-electron chi connectivity index (χ2n) is 11.7. The minimum Gasteiger partial charge on any atom is -0.494 e. The van der Waals surface area contributed by atoms with Gasteiger partial charge in [-0.3, -0.25) is 0 Å². The zero-order valence-corrected chi connectivity index (χ0v) is 24.3. The Hall–Kier alpha value is -1.76. The number of hydrogen-bond donors (Lipinski definition) is 0. The molecule has 0 bridgehead atoms. The van der Waals surface area contributed by atoms with E-state index in [2.05, 4.69) is 62.4 Å². The van der Waals surface area contributed by atoms with Crippen molar-refractivity contribution in [3.8, 4) is 16.9 Å². The van der Waals surface area contributed by atoms with Crippen molar-refractivity contribution < 1.29 is 4.74 Å². The maximum atomic E-state index is 6.01. The van der Waals surface area contributed by atoms with Crippen LogP contribution < -0.4 is 4.74 Å². The van der Waals surface area contributed by atoms with Gasteiger partial charge in [0.05, 0.1) is 6.61 Å². The summed E-state index contributed by atoms with van der Waals surface area (Å²) in [6, 6.07) is 18.1. The monoisotopic (exact) mass is 504 g/mol. The lowest BCUT2D eigenvalue weighted by molar-refractivity contribution is 0.302. The van der Waals surface area contributed by atoms with Gasteiger partial charge >= 0.3 is 0 Å². The predicted molar refractivity (Wildman–Crippen MR) is 163 cm³/mol. The lowest BCUT2D eigenvalue weighted by Crippen LogP contribution is -2.13. The number of benzene rings is 2. The van der Waals surface area contributed by atoms with Gasteiger partial charge in [0.1, 0.15) is 5.75 Å². The number of ether oxygens (including phenoxy) is 1. The Labute approximate surface area is 229 Å². The molecular weight excluding hydrogens is 448 g/mol. The fourth-order valence-corrected chi connectivity index (χ4v) is 6.12. The molecular formula is C36H56O. The molecule has 1 aliphatic rings. The molecule has 2 aromatic carbocycles. The molecule has 0 spiro atoms. The summed E-state index contributed by atoms with van der Waals surface area (Å²) in [5.41, 5.74) is 4.15. The summed E-state index contributed by atoms with van der Waals surface area (Å²) >= 11 is 0. The highest BCUT2D eigenvalue weighted by Gasteiger charge is 2.22. The Bertz CT molecular complexity index is 798. The van der Waals surface area contributed by atoms with Crippen LogP contribution in [0, 0.1) is 5.92 Å². The fourth-order valence-electron chi connectivity index (χ4n) is 6.12. The Morgan fingerprint density at radius 1 is 0.541 bits per heavy atom. The van der Waals surface area contributed by atoms with Crippen molar-refractivity contribution >= 4 is 0 Å². The van der Waals surface area contributed by atoms with Crippen LogP contribution in [0.2, 0.25) is 0 Å². The average Bonchev–Trinajstić information content (AvgIpc) is 2.95. The van der Waals surface area contributed by atoms with Crippen LogP contribution in [0.5, 0.6) is 5.75 Å². The lowest BCUT2D eigenvalue weighted by Gasteiger charge is -2.29. The van der Waals surface area contributed by atoms with E-state index in [1.54, 1.807) is 5.56 Å². The third kappa shape index (κ3) is 11.7. The molecule has 37 heavy (non-hydrogen) atoms. The highest BCUT2D eigenvalue weighted by atomic mass is 16.5. The molecule has 0 heterocycles. The van der Waals surface area contributed by atoms with Gasteiger partial charge in [-0.1, -0.05) is 140 Å². The molecule has 0 unspecified atom stereocenters. The summed E-state index contributed by atoms with van der Waals surface area (Å²) < 4.78 is 6.01. The quantitative estimate of drug-likeness (QED) is 0.173. The van der Waals surface area contributed by atoms with E-state index in [4.69, 9.17) is 4.74 Å². The van der Waals surface area contributed by atoms with E-state index in [0.717, 1.165) is 24.2 Å². The normalized spacial score (nSPS) is 17.7. The molecule has 0 atom stereocenters. The van der Waals surface area contributed by atoms with Crippen molar-refractivity contribution in [1.82, 2.24) is 0 Å². The first-order chi connectivity index (χ1) is 18.3. The van der Waals surface area contributed by atoms with Crippen LogP contribution >= 0.6 is 0 Å². The Balaban J connectivity index is 1.31. The van der Waals surface area contributed by atoms with Crippen LogP contribution in [0.25, 0.3) is 11.1 Å². The van der Waals surface area contributed by atoms with Crippen LogP contribution in [-0.4, -0.2) is 6.61 Å². The summed E-state index contributed by atoms with van der Waals surface area (Å²) in [6.45, 7) is 5.43. The number of rotatable bonds is 19. The molecule has 1 saturated carbocycles. The molecule has 1 aliphatic carbocycles. The van der Waals surface area contributed by atoms with Gasteiger partial charge in [0.15, 0.2) is 0 Å². The summed E-state index contributed by atoms with van der Waals surface area (Å²) in [4.78, 5) is 0. The molecule has 0 radical (unpaired) electrons. The first-order valence-corrected chi connectivity index (χ1v) is 16.1. The molecule has 3 rings (SSSR count). The minimum atomic E-state index is 0.766. The van der Waals surface area contributed by atoms with Crippen LogP contribution in [0.3, 0.4) is 0 Å². The molecule has 0 aliphatic heterocycles. The van der Waals surface area contributed by atoms with Gasteiger partial charge in [-0.2, -0.15) is 0 Å². The molecule has 0 aromatic heterocycles. The van der Waals surface area contributed by atoms with E-state index in [1.165, 1.54) is 133 Å². The van der Waals surface area contributed by atoms with Gasteiger partial charge in [-0.15, -0.1) is 0 Å². The summed E-state index contributed by atoms with van der Waals surface area (Å²) in [7, 11) is 0. The van der Waals surface area contributed by atoms with Crippen molar-refractivity contribution in [1.29, 1.82) is 0 Å². The molecule has 1 nitrogen and oxygen atoms in total. The summed E-state index contributed by atoms with van der Waals surface area (Å²) in [6.07, 6.45) is 26.4. The van der Waals surface area contributed by atoms with Gasteiger partial charge in [0.25, 0.3) is 0 Å². The molecule has 0 saturated heterocycles. The van der Waals surface area contributed by atoms with Crippen molar-refractivity contribution in [2.24, 2.45) is 5.92 Å². The Morgan fingerprint density at radius 3 is 1.59 bits per heavy atom. The van der Waals surface area contributed by atoms with E-state index in [1.807, 2.05) is 0 Å². The van der Waals surface area contributed by atoms with Gasteiger partial charge in [0.2, 0.25) is 0 Å². The molecule has 1 heteroatoms.